The molecule has 7 heteroatoms. The fourth-order valence-corrected chi connectivity index (χ4v) is 5.08. The summed E-state index contributed by atoms with van der Waals surface area (Å²) in [4.78, 5) is 24.4. The van der Waals surface area contributed by atoms with E-state index in [1.165, 1.54) is 0 Å². The van der Waals surface area contributed by atoms with Crippen molar-refractivity contribution in [3.05, 3.63) is 0 Å². The number of hydrogen-bond donors (Lipinski definition) is 1. The van der Waals surface area contributed by atoms with Gasteiger partial charge in [-0.2, -0.15) is 0 Å². The van der Waals surface area contributed by atoms with Gasteiger partial charge in [-0.1, -0.05) is 12.8 Å². The molecule has 2 rings (SSSR count). The van der Waals surface area contributed by atoms with Gasteiger partial charge in [0.05, 0.1) is 5.25 Å². The van der Waals surface area contributed by atoms with Crippen LogP contribution in [0, 0.1) is 5.92 Å². The second-order valence-electron chi connectivity index (χ2n) is 6.14. The largest absolute Gasteiger partial charge is 0.481 e. The summed E-state index contributed by atoms with van der Waals surface area (Å²) in [7, 11) is -3.33. The number of carbonyl (C=O) groups excluding carboxylic acids is 1. The number of aliphatic carboxylic acids is 1. The highest BCUT2D eigenvalue weighted by atomic mass is 32.2. The molecule has 0 radical (unpaired) electrons. The molecule has 2 fully saturated rings. The van der Waals surface area contributed by atoms with Gasteiger partial charge in [0.15, 0.2) is 9.84 Å². The first kappa shape index (κ1) is 16.3. The van der Waals surface area contributed by atoms with E-state index >= 15 is 0 Å². The van der Waals surface area contributed by atoms with Gasteiger partial charge in [-0.15, -0.1) is 0 Å². The van der Waals surface area contributed by atoms with Gasteiger partial charge in [0, 0.05) is 19.5 Å². The molecule has 0 aromatic heterocycles. The van der Waals surface area contributed by atoms with Crippen molar-refractivity contribution < 1.29 is 23.1 Å². The topological polar surface area (TPSA) is 91.8 Å². The van der Waals surface area contributed by atoms with Gasteiger partial charge in [-0.05, 0) is 31.6 Å². The zero-order valence-corrected chi connectivity index (χ0v) is 13.0. The third kappa shape index (κ3) is 4.43. The number of hydrogen-bond acceptors (Lipinski definition) is 4. The van der Waals surface area contributed by atoms with E-state index in [9.17, 15) is 18.0 Å². The molecule has 0 aromatic rings. The molecule has 0 aromatic carbocycles. The summed E-state index contributed by atoms with van der Waals surface area (Å²) in [5, 5.41) is 8.41. The molecule has 120 valence electrons. The molecule has 0 bridgehead atoms. The van der Waals surface area contributed by atoms with E-state index in [0.717, 1.165) is 12.8 Å². The quantitative estimate of drug-likeness (QED) is 0.818. The van der Waals surface area contributed by atoms with Crippen LogP contribution in [0.4, 0.5) is 0 Å². The Morgan fingerprint density at radius 1 is 1.05 bits per heavy atom. The Balaban J connectivity index is 1.83. The number of nitrogens with zero attached hydrogens (tertiary/aromatic N) is 1. The van der Waals surface area contributed by atoms with Gasteiger partial charge < -0.3 is 10.0 Å². The fourth-order valence-electron chi connectivity index (χ4n) is 3.26. The Morgan fingerprint density at radius 2 is 1.62 bits per heavy atom. The maximum absolute atomic E-state index is 12.2. The standard InChI is InChI=1S/C14H23NO5S/c16-13(10-21(19,20)12-3-1-2-4-12)15-7-5-11(6-8-15)9-14(17)18/h11-12H,1-10H2,(H,17,18). The van der Waals surface area contributed by atoms with E-state index in [0.29, 0.717) is 38.8 Å². The van der Waals surface area contributed by atoms with Crippen LogP contribution >= 0.6 is 0 Å². The molecule has 1 N–H and O–H groups in total. The second-order valence-corrected chi connectivity index (χ2v) is 8.42. The van der Waals surface area contributed by atoms with Crippen LogP contribution in [0.2, 0.25) is 0 Å². The number of amides is 1. The third-order valence-corrected chi connectivity index (χ3v) is 6.70. The summed E-state index contributed by atoms with van der Waals surface area (Å²) in [5.41, 5.74) is 0. The highest BCUT2D eigenvalue weighted by molar-refractivity contribution is 7.92. The minimum absolute atomic E-state index is 0.0954. The molecule has 1 heterocycles. The Morgan fingerprint density at radius 3 is 2.14 bits per heavy atom. The van der Waals surface area contributed by atoms with Crippen LogP contribution in [0.15, 0.2) is 0 Å². The molecule has 0 spiro atoms. The van der Waals surface area contributed by atoms with Crippen molar-refractivity contribution in [3.63, 3.8) is 0 Å². The van der Waals surface area contributed by atoms with Crippen molar-refractivity contribution in [1.29, 1.82) is 0 Å². The summed E-state index contributed by atoms with van der Waals surface area (Å²) in [6, 6.07) is 0. The maximum Gasteiger partial charge on any atom is 0.303 e. The number of carboxylic acids is 1. The van der Waals surface area contributed by atoms with E-state index in [1.807, 2.05) is 0 Å². The first-order valence-electron chi connectivity index (χ1n) is 7.59. The monoisotopic (exact) mass is 317 g/mol. The van der Waals surface area contributed by atoms with Gasteiger partial charge in [0.1, 0.15) is 5.75 Å². The van der Waals surface area contributed by atoms with Crippen LogP contribution in [-0.4, -0.2) is 54.4 Å². The number of piperidine rings is 1. The lowest BCUT2D eigenvalue weighted by Crippen LogP contribution is -2.42. The molecule has 6 nitrogen and oxygen atoms in total. The number of likely N-dealkylation sites (tertiary alicyclic amines) is 1. The highest BCUT2D eigenvalue weighted by Gasteiger charge is 2.33. The summed E-state index contributed by atoms with van der Waals surface area (Å²) in [6.45, 7) is 0.938. The average molecular weight is 317 g/mol. The maximum atomic E-state index is 12.2. The Labute approximate surface area is 125 Å². The van der Waals surface area contributed by atoms with E-state index in [2.05, 4.69) is 0 Å². The zero-order chi connectivity index (χ0) is 15.5. The van der Waals surface area contributed by atoms with Crippen LogP contribution < -0.4 is 0 Å². The van der Waals surface area contributed by atoms with E-state index in [1.54, 1.807) is 4.90 Å². The van der Waals surface area contributed by atoms with Gasteiger partial charge in [-0.25, -0.2) is 8.42 Å². The van der Waals surface area contributed by atoms with Crippen molar-refractivity contribution in [3.8, 4) is 0 Å². The predicted octanol–water partition coefficient (Wildman–Crippen LogP) is 1.06. The number of rotatable bonds is 5. The highest BCUT2D eigenvalue weighted by Crippen LogP contribution is 2.26. The van der Waals surface area contributed by atoms with Gasteiger partial charge in [0.25, 0.3) is 0 Å². The second kappa shape index (κ2) is 6.77. The Bertz CT molecular complexity index is 487. The minimum Gasteiger partial charge on any atom is -0.481 e. The predicted molar refractivity (Wildman–Crippen MR) is 77.6 cm³/mol. The van der Waals surface area contributed by atoms with Crippen LogP contribution in [0.1, 0.15) is 44.9 Å². The molecular weight excluding hydrogens is 294 g/mol. The summed E-state index contributed by atoms with van der Waals surface area (Å²) in [5.74, 6) is -1.43. The molecule has 1 amide bonds. The first-order valence-corrected chi connectivity index (χ1v) is 9.31. The minimum atomic E-state index is -3.33. The van der Waals surface area contributed by atoms with Crippen molar-refractivity contribution >= 4 is 21.7 Å². The molecule has 1 saturated heterocycles. The van der Waals surface area contributed by atoms with E-state index < -0.39 is 15.8 Å². The molecule has 1 aliphatic carbocycles. The van der Waals surface area contributed by atoms with Crippen molar-refractivity contribution in [2.45, 2.75) is 50.2 Å². The van der Waals surface area contributed by atoms with Crippen LogP contribution in [-0.2, 0) is 19.4 Å². The van der Waals surface area contributed by atoms with Crippen LogP contribution in [0.3, 0.4) is 0 Å². The van der Waals surface area contributed by atoms with Crippen LogP contribution in [0.25, 0.3) is 0 Å². The SMILES string of the molecule is O=C(O)CC1CCN(C(=O)CS(=O)(=O)C2CCCC2)CC1. The first-order chi connectivity index (χ1) is 9.88. The van der Waals surface area contributed by atoms with Crippen LogP contribution in [0.5, 0.6) is 0 Å². The summed E-state index contributed by atoms with van der Waals surface area (Å²) >= 11 is 0. The summed E-state index contributed by atoms with van der Waals surface area (Å²) in [6.07, 6.45) is 4.62. The van der Waals surface area contributed by atoms with Gasteiger partial charge in [-0.3, -0.25) is 9.59 Å². The number of sulfone groups is 1. The fraction of sp³-hybridized carbons (Fsp3) is 0.857. The normalized spacial score (nSPS) is 21.6. The smallest absolute Gasteiger partial charge is 0.303 e. The van der Waals surface area contributed by atoms with E-state index in [4.69, 9.17) is 5.11 Å². The Hall–Kier alpha value is -1.11. The van der Waals surface area contributed by atoms with Gasteiger partial charge in [0.2, 0.25) is 5.91 Å². The molecule has 0 atom stereocenters. The van der Waals surface area contributed by atoms with Crippen molar-refractivity contribution in [1.82, 2.24) is 4.90 Å². The average Bonchev–Trinajstić information content (AvgIpc) is 2.93. The molecule has 2 aliphatic rings. The molecular formula is C14H23NO5S. The van der Waals surface area contributed by atoms with Crippen molar-refractivity contribution in [2.75, 3.05) is 18.8 Å². The lowest BCUT2D eigenvalue weighted by molar-refractivity contribution is -0.138. The van der Waals surface area contributed by atoms with E-state index in [-0.39, 0.29) is 29.2 Å². The number of carbonyl (C=O) groups is 2. The molecule has 1 saturated carbocycles. The molecule has 0 unspecified atom stereocenters. The van der Waals surface area contributed by atoms with Gasteiger partial charge >= 0.3 is 5.97 Å². The summed E-state index contributed by atoms with van der Waals surface area (Å²) < 4.78 is 24.3. The lowest BCUT2D eigenvalue weighted by atomic mass is 9.94. The lowest BCUT2D eigenvalue weighted by Gasteiger charge is -2.31. The zero-order valence-electron chi connectivity index (χ0n) is 12.2. The number of carboxylic acid groups (broad SMARTS) is 1. The Kier molecular flexibility index (Phi) is 5.24. The molecule has 1 aliphatic heterocycles. The van der Waals surface area contributed by atoms with Crippen molar-refractivity contribution in [2.24, 2.45) is 5.92 Å². The molecule has 21 heavy (non-hydrogen) atoms. The third-order valence-electron chi connectivity index (χ3n) is 4.57.